The van der Waals surface area contributed by atoms with Gasteiger partial charge >= 0.3 is 0 Å². The molecule has 0 saturated heterocycles. The van der Waals surface area contributed by atoms with Gasteiger partial charge in [-0.15, -0.1) is 0 Å². The monoisotopic (exact) mass is 320 g/mol. The Kier molecular flexibility index (Phi) is 6.31. The zero-order valence-electron chi connectivity index (χ0n) is 13.2. The van der Waals surface area contributed by atoms with Crippen molar-refractivity contribution in [2.75, 3.05) is 6.26 Å². The molecular formula is C17H24N2O2S. The maximum absolute atomic E-state index is 12.4. The van der Waals surface area contributed by atoms with Gasteiger partial charge < -0.3 is 10.6 Å². The molecule has 1 saturated carbocycles. The van der Waals surface area contributed by atoms with E-state index in [1.807, 2.05) is 36.0 Å². The summed E-state index contributed by atoms with van der Waals surface area (Å²) in [6, 6.07) is 7.69. The van der Waals surface area contributed by atoms with Crippen LogP contribution in [-0.4, -0.2) is 29.4 Å². The summed E-state index contributed by atoms with van der Waals surface area (Å²) in [4.78, 5) is 23.3. The van der Waals surface area contributed by atoms with Crippen molar-refractivity contribution in [1.29, 1.82) is 0 Å². The normalized spacial score (nSPS) is 21.2. The molecule has 2 amide bonds. The van der Waals surface area contributed by atoms with Crippen LogP contribution in [0.3, 0.4) is 0 Å². The summed E-state index contributed by atoms with van der Waals surface area (Å²) in [5.74, 6) is -0.0562. The predicted octanol–water partition coefficient (Wildman–Crippen LogP) is 2.73. The van der Waals surface area contributed by atoms with E-state index in [4.69, 9.17) is 0 Å². The van der Waals surface area contributed by atoms with Gasteiger partial charge in [-0.3, -0.25) is 9.59 Å². The van der Waals surface area contributed by atoms with Gasteiger partial charge in [-0.2, -0.15) is 11.8 Å². The van der Waals surface area contributed by atoms with Crippen LogP contribution in [0.2, 0.25) is 0 Å². The Morgan fingerprint density at radius 2 is 1.86 bits per heavy atom. The minimum Gasteiger partial charge on any atom is -0.352 e. The minimum absolute atomic E-state index is 0.00275. The van der Waals surface area contributed by atoms with E-state index in [1.165, 1.54) is 26.2 Å². The van der Waals surface area contributed by atoms with Crippen LogP contribution in [0.4, 0.5) is 0 Å². The second-order valence-electron chi connectivity index (χ2n) is 5.75. The lowest BCUT2D eigenvalue weighted by Crippen LogP contribution is -2.43. The molecule has 1 fully saturated rings. The molecular weight excluding hydrogens is 296 g/mol. The molecule has 120 valence electrons. The van der Waals surface area contributed by atoms with Gasteiger partial charge in [0.2, 0.25) is 5.91 Å². The average Bonchev–Trinajstić information content (AvgIpc) is 2.54. The van der Waals surface area contributed by atoms with E-state index in [0.29, 0.717) is 17.4 Å². The molecule has 1 aromatic carbocycles. The Hall–Kier alpha value is -1.49. The van der Waals surface area contributed by atoms with Crippen molar-refractivity contribution in [1.82, 2.24) is 10.6 Å². The fraction of sp³-hybridized carbons (Fsp3) is 0.529. The number of carbonyl (C=O) groups is 2. The predicted molar refractivity (Wildman–Crippen MR) is 91.0 cm³/mol. The van der Waals surface area contributed by atoms with Crippen molar-refractivity contribution in [2.24, 2.45) is 0 Å². The first-order valence-electron chi connectivity index (χ1n) is 7.77. The zero-order valence-corrected chi connectivity index (χ0v) is 14.0. The van der Waals surface area contributed by atoms with E-state index in [9.17, 15) is 9.59 Å². The molecule has 2 rings (SSSR count). The van der Waals surface area contributed by atoms with Crippen LogP contribution in [0, 0.1) is 0 Å². The molecule has 4 nitrogen and oxygen atoms in total. The van der Waals surface area contributed by atoms with Crippen LogP contribution in [0.25, 0.3) is 0 Å². The van der Waals surface area contributed by atoms with Crippen LogP contribution in [-0.2, 0) is 11.3 Å². The van der Waals surface area contributed by atoms with Crippen molar-refractivity contribution in [2.45, 2.75) is 50.4 Å². The van der Waals surface area contributed by atoms with Crippen LogP contribution < -0.4 is 10.6 Å². The molecule has 1 aliphatic carbocycles. The molecule has 0 aromatic heterocycles. The number of hydrogen-bond acceptors (Lipinski definition) is 3. The summed E-state index contributed by atoms with van der Waals surface area (Å²) >= 11 is 1.85. The van der Waals surface area contributed by atoms with Crippen molar-refractivity contribution in [3.63, 3.8) is 0 Å². The molecule has 22 heavy (non-hydrogen) atoms. The van der Waals surface area contributed by atoms with Crippen molar-refractivity contribution < 1.29 is 9.59 Å². The van der Waals surface area contributed by atoms with Gasteiger partial charge in [0.05, 0.1) is 0 Å². The molecule has 2 unspecified atom stereocenters. The molecule has 0 aliphatic heterocycles. The SMILES string of the molecule is CSC1CCCCC1NC(=O)c1ccc(CNC(C)=O)cc1. The molecule has 2 atom stereocenters. The summed E-state index contributed by atoms with van der Waals surface area (Å²) in [6.07, 6.45) is 6.82. The van der Waals surface area contributed by atoms with E-state index in [2.05, 4.69) is 16.9 Å². The highest BCUT2D eigenvalue weighted by molar-refractivity contribution is 7.99. The van der Waals surface area contributed by atoms with Gasteiger partial charge in [0, 0.05) is 30.3 Å². The molecule has 0 bridgehead atoms. The van der Waals surface area contributed by atoms with Crippen molar-refractivity contribution >= 4 is 23.6 Å². The van der Waals surface area contributed by atoms with Crippen LogP contribution in [0.1, 0.15) is 48.5 Å². The third kappa shape index (κ3) is 4.77. The van der Waals surface area contributed by atoms with Gasteiger partial charge in [0.25, 0.3) is 5.91 Å². The van der Waals surface area contributed by atoms with Gasteiger partial charge in [-0.05, 0) is 36.8 Å². The van der Waals surface area contributed by atoms with E-state index < -0.39 is 0 Å². The summed E-state index contributed by atoms with van der Waals surface area (Å²) < 4.78 is 0. The van der Waals surface area contributed by atoms with Crippen LogP contribution >= 0.6 is 11.8 Å². The Labute approximate surface area is 136 Å². The van der Waals surface area contributed by atoms with Gasteiger partial charge in [-0.25, -0.2) is 0 Å². The van der Waals surface area contributed by atoms with Crippen LogP contribution in [0.15, 0.2) is 24.3 Å². The van der Waals surface area contributed by atoms with Gasteiger partial charge in [-0.1, -0.05) is 25.0 Å². The second-order valence-corrected chi connectivity index (χ2v) is 6.82. The molecule has 5 heteroatoms. The van der Waals surface area contributed by atoms with E-state index in [-0.39, 0.29) is 17.9 Å². The first kappa shape index (κ1) is 16.9. The molecule has 1 aromatic rings. The summed E-state index contributed by atoms with van der Waals surface area (Å²) in [7, 11) is 0. The number of nitrogens with one attached hydrogen (secondary N) is 2. The third-order valence-corrected chi connectivity index (χ3v) is 5.25. The van der Waals surface area contributed by atoms with Gasteiger partial charge in [0.15, 0.2) is 0 Å². The lowest BCUT2D eigenvalue weighted by molar-refractivity contribution is -0.119. The average molecular weight is 320 g/mol. The number of carbonyl (C=O) groups excluding carboxylic acids is 2. The van der Waals surface area contributed by atoms with E-state index in [1.54, 1.807) is 0 Å². The van der Waals surface area contributed by atoms with Crippen molar-refractivity contribution in [3.05, 3.63) is 35.4 Å². The molecule has 1 aliphatic rings. The maximum Gasteiger partial charge on any atom is 0.251 e. The Bertz CT molecular complexity index is 516. The van der Waals surface area contributed by atoms with E-state index >= 15 is 0 Å². The third-order valence-electron chi connectivity index (χ3n) is 4.08. The standard InChI is InChI=1S/C17H24N2O2S/c1-12(20)18-11-13-7-9-14(10-8-13)17(21)19-15-5-3-4-6-16(15)22-2/h7-10,15-16H,3-6,11H2,1-2H3,(H,18,20)(H,19,21). The molecule has 0 heterocycles. The first-order chi connectivity index (χ1) is 10.6. The second kappa shape index (κ2) is 8.22. The zero-order chi connectivity index (χ0) is 15.9. The number of rotatable bonds is 5. The minimum atomic E-state index is -0.0535. The van der Waals surface area contributed by atoms with E-state index in [0.717, 1.165) is 12.0 Å². The lowest BCUT2D eigenvalue weighted by atomic mass is 9.94. The Morgan fingerprint density at radius 3 is 2.50 bits per heavy atom. The fourth-order valence-corrected chi connectivity index (χ4v) is 3.73. The van der Waals surface area contributed by atoms with Gasteiger partial charge in [0.1, 0.15) is 0 Å². The fourth-order valence-electron chi connectivity index (χ4n) is 2.80. The molecule has 0 radical (unpaired) electrons. The quantitative estimate of drug-likeness (QED) is 0.877. The maximum atomic E-state index is 12.4. The summed E-state index contributed by atoms with van der Waals surface area (Å²) in [5.41, 5.74) is 1.67. The molecule has 2 N–H and O–H groups in total. The molecule has 0 spiro atoms. The van der Waals surface area contributed by atoms with Crippen LogP contribution in [0.5, 0.6) is 0 Å². The largest absolute Gasteiger partial charge is 0.352 e. The first-order valence-corrected chi connectivity index (χ1v) is 9.06. The lowest BCUT2D eigenvalue weighted by Gasteiger charge is -2.30. The Morgan fingerprint density at radius 1 is 1.18 bits per heavy atom. The highest BCUT2D eigenvalue weighted by Gasteiger charge is 2.25. The van der Waals surface area contributed by atoms with Crippen molar-refractivity contribution in [3.8, 4) is 0 Å². The smallest absolute Gasteiger partial charge is 0.251 e. The number of benzene rings is 1. The number of thioether (sulfide) groups is 1. The number of amides is 2. The highest BCUT2D eigenvalue weighted by atomic mass is 32.2. The topological polar surface area (TPSA) is 58.2 Å². The highest BCUT2D eigenvalue weighted by Crippen LogP contribution is 2.27. The Balaban J connectivity index is 1.93. The summed E-state index contributed by atoms with van der Waals surface area (Å²) in [5, 5.41) is 6.45. The number of hydrogen-bond donors (Lipinski definition) is 2. The summed E-state index contributed by atoms with van der Waals surface area (Å²) in [6.45, 7) is 1.99.